The fourth-order valence-electron chi connectivity index (χ4n) is 1.04. The van der Waals surface area contributed by atoms with Gasteiger partial charge in [-0.25, -0.2) is 0 Å². The van der Waals surface area contributed by atoms with E-state index < -0.39 is 0 Å². The molecule has 1 aromatic rings. The van der Waals surface area contributed by atoms with Crippen LogP contribution in [0, 0.1) is 6.92 Å². The van der Waals surface area contributed by atoms with Gasteiger partial charge in [-0.05, 0) is 19.1 Å². The smallest absolute Gasteiger partial charge is 0.234 e. The Labute approximate surface area is 99.4 Å². The Kier molecular flexibility index (Phi) is 5.58. The van der Waals surface area contributed by atoms with Crippen LogP contribution in [-0.4, -0.2) is 24.1 Å². The normalized spacial score (nSPS) is 10.0. The highest BCUT2D eigenvalue weighted by molar-refractivity contribution is 7.99. The van der Waals surface area contributed by atoms with E-state index in [-0.39, 0.29) is 11.8 Å². The number of amides is 1. The Bertz CT molecular complexity index is 313. The Hall–Kier alpha value is -0.670. The molecule has 0 fully saturated rings. The molecule has 0 aliphatic carbocycles. The summed E-state index contributed by atoms with van der Waals surface area (Å²) in [5, 5.41) is 2.72. The molecule has 2 nitrogen and oxygen atoms in total. The van der Waals surface area contributed by atoms with Crippen LogP contribution in [0.2, 0.25) is 0 Å². The molecule has 0 atom stereocenters. The molecule has 0 spiro atoms. The zero-order chi connectivity index (χ0) is 11.1. The first-order valence-electron chi connectivity index (χ1n) is 4.74. The van der Waals surface area contributed by atoms with Crippen molar-refractivity contribution in [2.45, 2.75) is 11.8 Å². The first-order valence-corrected chi connectivity index (χ1v) is 6.26. The zero-order valence-electron chi connectivity index (χ0n) is 8.63. The number of nitrogens with one attached hydrogen (secondary N) is 1. The van der Waals surface area contributed by atoms with Crippen molar-refractivity contribution in [1.29, 1.82) is 0 Å². The predicted octanol–water partition coefficient (Wildman–Crippen LogP) is 2.44. The Balaban J connectivity index is 2.20. The Morgan fingerprint density at radius 3 is 2.67 bits per heavy atom. The second-order valence-electron chi connectivity index (χ2n) is 3.15. The van der Waals surface area contributed by atoms with Gasteiger partial charge in [-0.1, -0.05) is 17.7 Å². The lowest BCUT2D eigenvalue weighted by Gasteiger charge is -2.03. The van der Waals surface area contributed by atoms with Crippen LogP contribution in [0.15, 0.2) is 29.2 Å². The van der Waals surface area contributed by atoms with Crippen molar-refractivity contribution >= 4 is 29.3 Å². The van der Waals surface area contributed by atoms with Crippen LogP contribution in [0.4, 0.5) is 0 Å². The van der Waals surface area contributed by atoms with E-state index in [0.717, 1.165) is 5.75 Å². The Morgan fingerprint density at radius 1 is 1.40 bits per heavy atom. The van der Waals surface area contributed by atoms with E-state index in [4.69, 9.17) is 11.6 Å². The summed E-state index contributed by atoms with van der Waals surface area (Å²) in [4.78, 5) is 12.0. The van der Waals surface area contributed by atoms with Gasteiger partial charge in [0.15, 0.2) is 0 Å². The van der Waals surface area contributed by atoms with Crippen molar-refractivity contribution in [3.8, 4) is 0 Å². The summed E-state index contributed by atoms with van der Waals surface area (Å²) >= 11 is 7.07. The minimum Gasteiger partial charge on any atom is -0.354 e. The molecule has 1 amide bonds. The summed E-state index contributed by atoms with van der Waals surface area (Å²) in [5.41, 5.74) is 1.26. The summed E-state index contributed by atoms with van der Waals surface area (Å²) in [5.74, 6) is 0.794. The highest BCUT2D eigenvalue weighted by Gasteiger charge is 1.97. The van der Waals surface area contributed by atoms with Gasteiger partial charge in [0, 0.05) is 17.2 Å². The minimum absolute atomic E-state index is 0.0369. The van der Waals surface area contributed by atoms with Crippen LogP contribution in [0.5, 0.6) is 0 Å². The maximum absolute atomic E-state index is 10.8. The maximum Gasteiger partial charge on any atom is 0.234 e. The van der Waals surface area contributed by atoms with Crippen LogP contribution in [0.25, 0.3) is 0 Å². The van der Waals surface area contributed by atoms with Gasteiger partial charge in [0.1, 0.15) is 5.88 Å². The minimum atomic E-state index is -0.110. The van der Waals surface area contributed by atoms with Crippen LogP contribution in [-0.2, 0) is 4.79 Å². The largest absolute Gasteiger partial charge is 0.354 e. The summed E-state index contributed by atoms with van der Waals surface area (Å²) in [6.45, 7) is 2.72. The fraction of sp³-hybridized carbons (Fsp3) is 0.364. The number of hydrogen-bond acceptors (Lipinski definition) is 2. The molecular formula is C11H14ClNOS. The molecule has 0 aliphatic heterocycles. The molecule has 4 heteroatoms. The predicted molar refractivity (Wildman–Crippen MR) is 65.6 cm³/mol. The van der Waals surface area contributed by atoms with Crippen LogP contribution in [0.3, 0.4) is 0 Å². The third-order valence-corrected chi connectivity index (χ3v) is 3.09. The van der Waals surface area contributed by atoms with E-state index in [1.165, 1.54) is 10.5 Å². The van der Waals surface area contributed by atoms with Crippen LogP contribution >= 0.6 is 23.4 Å². The first kappa shape index (κ1) is 12.4. The van der Waals surface area contributed by atoms with E-state index in [1.54, 1.807) is 11.8 Å². The van der Waals surface area contributed by atoms with Gasteiger partial charge in [-0.2, -0.15) is 0 Å². The second-order valence-corrected chi connectivity index (χ2v) is 4.58. The van der Waals surface area contributed by atoms with E-state index >= 15 is 0 Å². The van der Waals surface area contributed by atoms with E-state index in [9.17, 15) is 4.79 Å². The lowest BCUT2D eigenvalue weighted by atomic mass is 10.2. The number of carbonyl (C=O) groups excluding carboxylic acids is 1. The van der Waals surface area contributed by atoms with Crippen molar-refractivity contribution in [2.24, 2.45) is 0 Å². The molecule has 1 N–H and O–H groups in total. The van der Waals surface area contributed by atoms with E-state index in [2.05, 4.69) is 36.5 Å². The number of hydrogen-bond donors (Lipinski definition) is 1. The Morgan fingerprint density at radius 2 is 2.07 bits per heavy atom. The standard InChI is InChI=1S/C11H14ClNOS/c1-9-2-4-10(5-3-9)15-7-6-13-11(14)8-12/h2-5H,6-8H2,1H3,(H,13,14). The van der Waals surface area contributed by atoms with Crippen LogP contribution in [0.1, 0.15) is 5.56 Å². The molecule has 0 unspecified atom stereocenters. The number of aryl methyl sites for hydroxylation is 1. The topological polar surface area (TPSA) is 29.1 Å². The van der Waals surface area contributed by atoms with Crippen molar-refractivity contribution in [3.05, 3.63) is 29.8 Å². The molecule has 0 bridgehead atoms. The molecule has 82 valence electrons. The number of carbonyl (C=O) groups is 1. The second kappa shape index (κ2) is 6.75. The quantitative estimate of drug-likeness (QED) is 0.489. The maximum atomic E-state index is 10.8. The number of halogens is 1. The number of alkyl halides is 1. The highest BCUT2D eigenvalue weighted by atomic mass is 35.5. The van der Waals surface area contributed by atoms with Crippen LogP contribution < -0.4 is 5.32 Å². The monoisotopic (exact) mass is 243 g/mol. The van der Waals surface area contributed by atoms with Gasteiger partial charge in [0.05, 0.1) is 0 Å². The van der Waals surface area contributed by atoms with Crippen molar-refractivity contribution in [1.82, 2.24) is 5.32 Å². The number of thioether (sulfide) groups is 1. The van der Waals surface area contributed by atoms with Gasteiger partial charge in [0.25, 0.3) is 0 Å². The summed E-state index contributed by atoms with van der Waals surface area (Å²) in [7, 11) is 0. The summed E-state index contributed by atoms with van der Waals surface area (Å²) < 4.78 is 0. The molecule has 0 aromatic heterocycles. The first-order chi connectivity index (χ1) is 7.22. The molecular weight excluding hydrogens is 230 g/mol. The van der Waals surface area contributed by atoms with Gasteiger partial charge in [0.2, 0.25) is 5.91 Å². The average molecular weight is 244 g/mol. The molecule has 0 saturated heterocycles. The van der Waals surface area contributed by atoms with E-state index in [0.29, 0.717) is 6.54 Å². The zero-order valence-corrected chi connectivity index (χ0v) is 10.2. The molecule has 0 heterocycles. The van der Waals surface area contributed by atoms with Crippen molar-refractivity contribution in [2.75, 3.05) is 18.2 Å². The summed E-state index contributed by atoms with van der Waals surface area (Å²) in [6, 6.07) is 8.34. The lowest BCUT2D eigenvalue weighted by molar-refractivity contribution is -0.118. The average Bonchev–Trinajstić information content (AvgIpc) is 2.26. The molecule has 0 aliphatic rings. The van der Waals surface area contributed by atoms with Gasteiger partial charge >= 0.3 is 0 Å². The lowest BCUT2D eigenvalue weighted by Crippen LogP contribution is -2.26. The summed E-state index contributed by atoms with van der Waals surface area (Å²) in [6.07, 6.45) is 0. The van der Waals surface area contributed by atoms with Gasteiger partial charge in [-0.3, -0.25) is 4.79 Å². The third kappa shape index (κ3) is 5.09. The molecule has 1 rings (SSSR count). The van der Waals surface area contributed by atoms with Gasteiger partial charge < -0.3 is 5.32 Å². The SMILES string of the molecule is Cc1ccc(SCCNC(=O)CCl)cc1. The van der Waals surface area contributed by atoms with E-state index in [1.807, 2.05) is 0 Å². The number of rotatable bonds is 5. The fourth-order valence-corrected chi connectivity index (χ4v) is 1.90. The third-order valence-electron chi connectivity index (χ3n) is 1.84. The molecule has 1 aromatic carbocycles. The molecule has 0 saturated carbocycles. The molecule has 15 heavy (non-hydrogen) atoms. The number of benzene rings is 1. The van der Waals surface area contributed by atoms with Crippen molar-refractivity contribution in [3.63, 3.8) is 0 Å². The van der Waals surface area contributed by atoms with Gasteiger partial charge in [-0.15, -0.1) is 23.4 Å². The highest BCUT2D eigenvalue weighted by Crippen LogP contribution is 2.17. The van der Waals surface area contributed by atoms with Crippen molar-refractivity contribution < 1.29 is 4.79 Å². The molecule has 0 radical (unpaired) electrons.